The minimum Gasteiger partial charge on any atom is -0.371 e. The molecule has 126 valence electrons. The van der Waals surface area contributed by atoms with Crippen molar-refractivity contribution < 1.29 is 4.79 Å². The van der Waals surface area contributed by atoms with E-state index < -0.39 is 0 Å². The zero-order valence-electron chi connectivity index (χ0n) is 14.1. The lowest BCUT2D eigenvalue weighted by Crippen LogP contribution is -2.33. The number of thioether (sulfide) groups is 1. The Kier molecular flexibility index (Phi) is 5.81. The molecule has 0 radical (unpaired) electrons. The number of para-hydroxylation sites is 1. The van der Waals surface area contributed by atoms with Crippen LogP contribution in [-0.2, 0) is 6.42 Å². The van der Waals surface area contributed by atoms with Crippen LogP contribution in [0.25, 0.3) is 0 Å². The monoisotopic (exact) mass is 340 g/mol. The standard InChI is InChI=1S/C20H24N2OS/c1-24-19-12-5-3-10-17(19)20(23)21-13-7-15-22-14-6-9-16-8-2-4-11-18(16)22/h2-5,8,10-12H,6-7,9,13-15H2,1H3,(H,21,23). The van der Waals surface area contributed by atoms with E-state index in [4.69, 9.17) is 0 Å². The Bertz CT molecular complexity index is 702. The van der Waals surface area contributed by atoms with Gasteiger partial charge >= 0.3 is 0 Å². The fourth-order valence-electron chi connectivity index (χ4n) is 3.24. The molecule has 1 amide bonds. The number of hydrogen-bond donors (Lipinski definition) is 1. The third-order valence-electron chi connectivity index (χ3n) is 4.45. The molecule has 0 atom stereocenters. The van der Waals surface area contributed by atoms with Crippen molar-refractivity contribution in [2.24, 2.45) is 0 Å². The van der Waals surface area contributed by atoms with Gasteiger partial charge in [0.25, 0.3) is 5.91 Å². The van der Waals surface area contributed by atoms with Gasteiger partial charge in [0.1, 0.15) is 0 Å². The lowest BCUT2D eigenvalue weighted by molar-refractivity contribution is 0.0950. The van der Waals surface area contributed by atoms with Crippen LogP contribution in [0.2, 0.25) is 0 Å². The summed E-state index contributed by atoms with van der Waals surface area (Å²) in [7, 11) is 0. The molecule has 3 nitrogen and oxygen atoms in total. The van der Waals surface area contributed by atoms with Crippen LogP contribution >= 0.6 is 11.8 Å². The van der Waals surface area contributed by atoms with Crippen molar-refractivity contribution in [3.05, 3.63) is 59.7 Å². The Morgan fingerprint density at radius 3 is 2.83 bits per heavy atom. The lowest BCUT2D eigenvalue weighted by Gasteiger charge is -2.31. The molecule has 4 heteroatoms. The maximum absolute atomic E-state index is 12.3. The van der Waals surface area contributed by atoms with Crippen LogP contribution in [0.15, 0.2) is 53.4 Å². The second-order valence-corrected chi connectivity index (χ2v) is 6.88. The number of nitrogens with zero attached hydrogens (tertiary/aromatic N) is 1. The number of hydrogen-bond acceptors (Lipinski definition) is 3. The summed E-state index contributed by atoms with van der Waals surface area (Å²) in [6.07, 6.45) is 5.35. The Balaban J connectivity index is 1.50. The lowest BCUT2D eigenvalue weighted by atomic mass is 10.0. The molecular weight excluding hydrogens is 316 g/mol. The van der Waals surface area contributed by atoms with E-state index in [1.54, 1.807) is 11.8 Å². The highest BCUT2D eigenvalue weighted by Crippen LogP contribution is 2.26. The fraction of sp³-hybridized carbons (Fsp3) is 0.350. The summed E-state index contributed by atoms with van der Waals surface area (Å²) in [4.78, 5) is 15.8. The molecule has 1 aliphatic rings. The van der Waals surface area contributed by atoms with E-state index in [1.165, 1.54) is 24.1 Å². The van der Waals surface area contributed by atoms with Gasteiger partial charge in [-0.05, 0) is 49.3 Å². The molecule has 0 aromatic heterocycles. The van der Waals surface area contributed by atoms with Gasteiger partial charge in [-0.3, -0.25) is 4.79 Å². The molecule has 3 rings (SSSR count). The van der Waals surface area contributed by atoms with Crippen LogP contribution in [0.3, 0.4) is 0 Å². The number of nitrogens with one attached hydrogen (secondary N) is 1. The molecule has 0 saturated carbocycles. The van der Waals surface area contributed by atoms with Crippen molar-refractivity contribution in [3.8, 4) is 0 Å². The largest absolute Gasteiger partial charge is 0.371 e. The normalized spacial score (nSPS) is 13.5. The average molecular weight is 340 g/mol. The molecule has 1 N–H and O–H groups in total. The first-order valence-corrected chi connectivity index (χ1v) is 9.76. The van der Waals surface area contributed by atoms with E-state index in [-0.39, 0.29) is 5.91 Å². The first kappa shape index (κ1) is 16.9. The highest BCUT2D eigenvalue weighted by atomic mass is 32.2. The highest BCUT2D eigenvalue weighted by molar-refractivity contribution is 7.98. The topological polar surface area (TPSA) is 32.3 Å². The maximum atomic E-state index is 12.3. The van der Waals surface area contributed by atoms with Gasteiger partial charge in [0, 0.05) is 30.2 Å². The number of carbonyl (C=O) groups excluding carboxylic acids is 1. The van der Waals surface area contributed by atoms with Gasteiger partial charge < -0.3 is 10.2 Å². The van der Waals surface area contributed by atoms with Crippen LogP contribution in [0.1, 0.15) is 28.8 Å². The number of rotatable bonds is 6. The van der Waals surface area contributed by atoms with Gasteiger partial charge in [-0.1, -0.05) is 30.3 Å². The minimum absolute atomic E-state index is 0.0268. The molecule has 1 aliphatic heterocycles. The summed E-state index contributed by atoms with van der Waals surface area (Å²) in [6.45, 7) is 2.81. The third-order valence-corrected chi connectivity index (χ3v) is 5.24. The molecule has 0 aliphatic carbocycles. The summed E-state index contributed by atoms with van der Waals surface area (Å²) in [5, 5.41) is 3.06. The summed E-state index contributed by atoms with van der Waals surface area (Å²) < 4.78 is 0. The van der Waals surface area contributed by atoms with Gasteiger partial charge in [0.2, 0.25) is 0 Å². The average Bonchev–Trinajstić information content (AvgIpc) is 2.65. The summed E-state index contributed by atoms with van der Waals surface area (Å²) in [5.74, 6) is 0.0268. The third kappa shape index (κ3) is 3.93. The van der Waals surface area contributed by atoms with Crippen LogP contribution in [0.5, 0.6) is 0 Å². The fourth-order valence-corrected chi connectivity index (χ4v) is 3.84. The quantitative estimate of drug-likeness (QED) is 0.638. The van der Waals surface area contributed by atoms with Crippen LogP contribution < -0.4 is 10.2 Å². The van der Waals surface area contributed by atoms with Crippen molar-refractivity contribution in [2.45, 2.75) is 24.2 Å². The number of carbonyl (C=O) groups is 1. The molecule has 2 aromatic rings. The number of benzene rings is 2. The van der Waals surface area contributed by atoms with Gasteiger partial charge in [-0.2, -0.15) is 0 Å². The molecular formula is C20H24N2OS. The van der Waals surface area contributed by atoms with Crippen LogP contribution in [0.4, 0.5) is 5.69 Å². The smallest absolute Gasteiger partial charge is 0.252 e. The SMILES string of the molecule is CSc1ccccc1C(=O)NCCCN1CCCc2ccccc21. The van der Waals surface area contributed by atoms with Crippen molar-refractivity contribution in [1.82, 2.24) is 5.32 Å². The Hall–Kier alpha value is -1.94. The molecule has 0 bridgehead atoms. The molecule has 2 aromatic carbocycles. The van der Waals surface area contributed by atoms with E-state index in [2.05, 4.69) is 34.5 Å². The molecule has 0 unspecified atom stereocenters. The zero-order chi connectivity index (χ0) is 16.8. The number of fused-ring (bicyclic) bond motifs is 1. The van der Waals surface area contributed by atoms with Gasteiger partial charge in [-0.15, -0.1) is 11.8 Å². The second kappa shape index (κ2) is 8.25. The van der Waals surface area contributed by atoms with E-state index >= 15 is 0 Å². The summed E-state index contributed by atoms with van der Waals surface area (Å²) >= 11 is 1.61. The predicted octanol–water partition coefficient (Wildman–Crippen LogP) is 3.98. The zero-order valence-corrected chi connectivity index (χ0v) is 14.9. The second-order valence-electron chi connectivity index (χ2n) is 6.03. The first-order valence-electron chi connectivity index (χ1n) is 8.53. The molecule has 0 fully saturated rings. The minimum atomic E-state index is 0.0268. The number of amides is 1. The van der Waals surface area contributed by atoms with Gasteiger partial charge in [-0.25, -0.2) is 0 Å². The number of aryl methyl sites for hydroxylation is 1. The van der Waals surface area contributed by atoms with Crippen LogP contribution in [0, 0.1) is 0 Å². The highest BCUT2D eigenvalue weighted by Gasteiger charge is 2.15. The van der Waals surface area contributed by atoms with E-state index in [0.717, 1.165) is 30.0 Å². The van der Waals surface area contributed by atoms with E-state index in [1.807, 2.05) is 30.5 Å². The summed E-state index contributed by atoms with van der Waals surface area (Å²) in [6, 6.07) is 16.4. The van der Waals surface area contributed by atoms with E-state index in [0.29, 0.717) is 6.54 Å². The predicted molar refractivity (Wildman–Crippen MR) is 102 cm³/mol. The maximum Gasteiger partial charge on any atom is 0.252 e. The molecule has 1 heterocycles. The van der Waals surface area contributed by atoms with Gasteiger partial charge in [0.15, 0.2) is 0 Å². The Morgan fingerprint density at radius 2 is 1.96 bits per heavy atom. The molecule has 0 saturated heterocycles. The van der Waals surface area contributed by atoms with Crippen LogP contribution in [-0.4, -0.2) is 31.8 Å². The Morgan fingerprint density at radius 1 is 1.17 bits per heavy atom. The Labute approximate surface area is 148 Å². The van der Waals surface area contributed by atoms with Crippen molar-refractivity contribution in [2.75, 3.05) is 30.8 Å². The molecule has 0 spiro atoms. The van der Waals surface area contributed by atoms with Crippen molar-refractivity contribution >= 4 is 23.4 Å². The van der Waals surface area contributed by atoms with Crippen molar-refractivity contribution in [3.63, 3.8) is 0 Å². The first-order chi connectivity index (χ1) is 11.8. The van der Waals surface area contributed by atoms with Gasteiger partial charge in [0.05, 0.1) is 5.56 Å². The number of anilines is 1. The summed E-state index contributed by atoms with van der Waals surface area (Å²) in [5.41, 5.74) is 3.58. The van der Waals surface area contributed by atoms with E-state index in [9.17, 15) is 4.79 Å². The molecule has 24 heavy (non-hydrogen) atoms. The van der Waals surface area contributed by atoms with Crippen molar-refractivity contribution in [1.29, 1.82) is 0 Å².